The van der Waals surface area contributed by atoms with Crippen LogP contribution in [-0.4, -0.2) is 58.1 Å². The Morgan fingerprint density at radius 3 is 2.58 bits per heavy atom. The summed E-state index contributed by atoms with van der Waals surface area (Å²) in [6, 6.07) is 5.05. The number of nitrogens with zero attached hydrogens (tertiary/aromatic N) is 4. The lowest BCUT2D eigenvalue weighted by molar-refractivity contribution is -0.384. The van der Waals surface area contributed by atoms with Gasteiger partial charge in [-0.1, -0.05) is 20.8 Å². The predicted octanol–water partition coefficient (Wildman–Crippen LogP) is 5.29. The summed E-state index contributed by atoms with van der Waals surface area (Å²) in [7, 11) is -2.15. The Hall–Kier alpha value is -3.09. The molecule has 0 bridgehead atoms. The highest BCUT2D eigenvalue weighted by Crippen LogP contribution is 2.39. The van der Waals surface area contributed by atoms with Crippen molar-refractivity contribution in [2.45, 2.75) is 64.1 Å². The number of Topliss-reactive ketones (excluding diaryl/α,β-unsaturated/α-hetero) is 1. The van der Waals surface area contributed by atoms with Gasteiger partial charge in [0.1, 0.15) is 29.5 Å². The second-order valence-corrected chi connectivity index (χ2v) is 16.1. The van der Waals surface area contributed by atoms with Crippen LogP contribution in [0.15, 0.2) is 42.2 Å². The molecule has 1 aliphatic heterocycles. The second kappa shape index (κ2) is 9.75. The van der Waals surface area contributed by atoms with E-state index < -0.39 is 25.4 Å². The van der Waals surface area contributed by atoms with E-state index >= 15 is 0 Å². The standard InChI is InChI=1S/C24H30N4O6SSi/c1-24(2,3)36(4,5)34-18-12-19(21(29)20-22-26(15-25-20)10-11-35-22)27(13-18)23(30)33-14-16-6-8-17(9-7-16)28(31)32/h6-11,15,18-19H,12-14H2,1-5H3/t18-,19+/m1/s1. The summed E-state index contributed by atoms with van der Waals surface area (Å²) < 4.78 is 13.9. The predicted molar refractivity (Wildman–Crippen MR) is 138 cm³/mol. The normalized spacial score (nSPS) is 18.5. The number of imidazole rings is 1. The molecule has 12 heteroatoms. The molecule has 3 aromatic rings. The number of ether oxygens (including phenoxy) is 1. The number of rotatable bonds is 7. The van der Waals surface area contributed by atoms with Crippen LogP contribution in [0.3, 0.4) is 0 Å². The molecule has 0 saturated carbocycles. The van der Waals surface area contributed by atoms with Crippen molar-refractivity contribution in [1.29, 1.82) is 0 Å². The first-order valence-electron chi connectivity index (χ1n) is 11.7. The van der Waals surface area contributed by atoms with Crippen molar-refractivity contribution in [1.82, 2.24) is 14.3 Å². The first-order chi connectivity index (χ1) is 16.9. The summed E-state index contributed by atoms with van der Waals surface area (Å²) in [5.41, 5.74) is 0.900. The minimum Gasteiger partial charge on any atom is -0.445 e. The third kappa shape index (κ3) is 5.20. The molecule has 1 saturated heterocycles. The summed E-state index contributed by atoms with van der Waals surface area (Å²) >= 11 is 1.41. The van der Waals surface area contributed by atoms with Crippen molar-refractivity contribution < 1.29 is 23.7 Å². The molecule has 1 fully saturated rings. The van der Waals surface area contributed by atoms with Crippen LogP contribution in [0.1, 0.15) is 43.2 Å². The van der Waals surface area contributed by atoms with Gasteiger partial charge in [0.15, 0.2) is 8.32 Å². The van der Waals surface area contributed by atoms with Crippen molar-refractivity contribution in [3.63, 3.8) is 0 Å². The number of nitro benzene ring substituents is 1. The van der Waals surface area contributed by atoms with E-state index in [9.17, 15) is 19.7 Å². The minimum atomic E-state index is -2.15. The molecular formula is C24H30N4O6SSi. The molecule has 0 radical (unpaired) electrons. The van der Waals surface area contributed by atoms with Crippen molar-refractivity contribution in [2.75, 3.05) is 6.54 Å². The largest absolute Gasteiger partial charge is 0.445 e. The Morgan fingerprint density at radius 2 is 1.94 bits per heavy atom. The topological polar surface area (TPSA) is 116 Å². The fourth-order valence-corrected chi connectivity index (χ4v) is 6.10. The molecular weight excluding hydrogens is 500 g/mol. The number of likely N-dealkylation sites (tertiary alicyclic amines) is 1. The SMILES string of the molecule is CC(C)(C)[Si](C)(C)O[C@@H]1C[C@@H](C(=O)c2ncn3ccsc23)N(C(=O)OCc2ccc([N+](=O)[O-])cc2)C1. The Bertz CT molecular complexity index is 1280. The molecule has 36 heavy (non-hydrogen) atoms. The number of thiazole rings is 1. The van der Waals surface area contributed by atoms with E-state index in [0.29, 0.717) is 17.7 Å². The summed E-state index contributed by atoms with van der Waals surface area (Å²) in [6.45, 7) is 10.9. The zero-order valence-corrected chi connectivity index (χ0v) is 22.8. The number of ketones is 1. The molecule has 1 amide bonds. The van der Waals surface area contributed by atoms with Gasteiger partial charge < -0.3 is 9.16 Å². The van der Waals surface area contributed by atoms with Crippen LogP contribution < -0.4 is 0 Å². The number of carbonyl (C=O) groups excluding carboxylic acids is 2. The molecule has 3 heterocycles. The molecule has 2 atom stereocenters. The van der Waals surface area contributed by atoms with Gasteiger partial charge in [0.05, 0.1) is 11.0 Å². The molecule has 192 valence electrons. The zero-order chi connectivity index (χ0) is 26.3. The van der Waals surface area contributed by atoms with Gasteiger partial charge in [-0.25, -0.2) is 9.78 Å². The maximum Gasteiger partial charge on any atom is 0.410 e. The maximum absolute atomic E-state index is 13.6. The fraction of sp³-hybridized carbons (Fsp3) is 0.458. The number of amides is 1. The average Bonchev–Trinajstić information content (AvgIpc) is 3.52. The highest BCUT2D eigenvalue weighted by molar-refractivity contribution is 7.15. The van der Waals surface area contributed by atoms with E-state index in [1.807, 2.05) is 11.6 Å². The van der Waals surface area contributed by atoms with Crippen LogP contribution in [0.25, 0.3) is 4.83 Å². The van der Waals surface area contributed by atoms with Gasteiger partial charge >= 0.3 is 6.09 Å². The van der Waals surface area contributed by atoms with E-state index in [4.69, 9.17) is 9.16 Å². The summed E-state index contributed by atoms with van der Waals surface area (Å²) in [4.78, 5) is 43.6. The number of hydrogen-bond donors (Lipinski definition) is 0. The van der Waals surface area contributed by atoms with Crippen molar-refractivity contribution >= 4 is 42.0 Å². The second-order valence-electron chi connectivity index (χ2n) is 10.5. The van der Waals surface area contributed by atoms with Crippen LogP contribution in [0, 0.1) is 10.1 Å². The Balaban J connectivity index is 1.53. The lowest BCUT2D eigenvalue weighted by Gasteiger charge is -2.38. The average molecular weight is 531 g/mol. The number of non-ortho nitro benzene ring substituents is 1. The Morgan fingerprint density at radius 1 is 1.25 bits per heavy atom. The van der Waals surface area contributed by atoms with E-state index in [0.717, 1.165) is 4.83 Å². The Kier molecular flexibility index (Phi) is 7.04. The van der Waals surface area contributed by atoms with E-state index in [1.54, 1.807) is 22.9 Å². The smallest absolute Gasteiger partial charge is 0.410 e. The molecule has 0 aliphatic carbocycles. The highest BCUT2D eigenvalue weighted by atomic mass is 32.1. The van der Waals surface area contributed by atoms with Gasteiger partial charge in [-0.3, -0.25) is 24.2 Å². The Labute approximate surface area is 214 Å². The van der Waals surface area contributed by atoms with Gasteiger partial charge in [-0.2, -0.15) is 0 Å². The molecule has 0 N–H and O–H groups in total. The molecule has 1 aliphatic rings. The van der Waals surface area contributed by atoms with Crippen LogP contribution in [0.5, 0.6) is 0 Å². The minimum absolute atomic E-state index is 0.0244. The number of carbonyl (C=O) groups is 2. The third-order valence-corrected chi connectivity index (χ3v) is 12.4. The monoisotopic (exact) mass is 530 g/mol. The van der Waals surface area contributed by atoms with Gasteiger partial charge in [-0.15, -0.1) is 11.3 Å². The van der Waals surface area contributed by atoms with Gasteiger partial charge in [0.25, 0.3) is 5.69 Å². The summed E-state index contributed by atoms with van der Waals surface area (Å²) in [5, 5.41) is 12.7. The van der Waals surface area contributed by atoms with Crippen molar-refractivity contribution in [2.24, 2.45) is 0 Å². The van der Waals surface area contributed by atoms with Gasteiger partial charge in [-0.05, 0) is 35.8 Å². The van der Waals surface area contributed by atoms with E-state index in [1.165, 1.54) is 28.4 Å². The van der Waals surface area contributed by atoms with Crippen molar-refractivity contribution in [3.8, 4) is 0 Å². The molecule has 4 rings (SSSR count). The molecule has 1 aromatic carbocycles. The van der Waals surface area contributed by atoms with E-state index in [2.05, 4.69) is 38.8 Å². The maximum atomic E-state index is 13.6. The first kappa shape index (κ1) is 26.0. The van der Waals surface area contributed by atoms with Gasteiger partial charge in [0, 0.05) is 36.7 Å². The first-order valence-corrected chi connectivity index (χ1v) is 15.4. The quantitative estimate of drug-likeness (QED) is 0.176. The van der Waals surface area contributed by atoms with Gasteiger partial charge in [0.2, 0.25) is 5.78 Å². The van der Waals surface area contributed by atoms with Crippen LogP contribution >= 0.6 is 11.3 Å². The summed E-state index contributed by atoms with van der Waals surface area (Å²) in [6.07, 6.45) is 2.86. The molecule has 0 unspecified atom stereocenters. The molecule has 0 spiro atoms. The van der Waals surface area contributed by atoms with Crippen LogP contribution in [0.2, 0.25) is 18.1 Å². The fourth-order valence-electron chi connectivity index (χ4n) is 3.93. The number of aromatic nitrogens is 2. The highest BCUT2D eigenvalue weighted by Gasteiger charge is 2.46. The number of benzene rings is 1. The van der Waals surface area contributed by atoms with Crippen LogP contribution in [0.4, 0.5) is 10.5 Å². The van der Waals surface area contributed by atoms with Crippen LogP contribution in [-0.2, 0) is 15.8 Å². The lowest BCUT2D eigenvalue weighted by atomic mass is 10.1. The number of hydrogen-bond acceptors (Lipinski definition) is 8. The van der Waals surface area contributed by atoms with Crippen molar-refractivity contribution in [3.05, 3.63) is 63.5 Å². The zero-order valence-electron chi connectivity index (χ0n) is 21.0. The summed E-state index contributed by atoms with van der Waals surface area (Å²) in [5.74, 6) is -0.242. The molecule has 2 aromatic heterocycles. The number of fused-ring (bicyclic) bond motifs is 1. The molecule has 10 nitrogen and oxygen atoms in total. The number of nitro groups is 1. The lowest BCUT2D eigenvalue weighted by Crippen LogP contribution is -2.45. The van der Waals surface area contributed by atoms with E-state index in [-0.39, 0.29) is 35.8 Å². The third-order valence-electron chi connectivity index (χ3n) is 6.96.